The number of nitrogens with one attached hydrogen (secondary N) is 3. The molecule has 0 saturated carbocycles. The van der Waals surface area contributed by atoms with Crippen molar-refractivity contribution < 1.29 is 4.79 Å². The second-order valence-electron chi connectivity index (χ2n) is 6.11. The zero-order chi connectivity index (χ0) is 18.1. The Bertz CT molecular complexity index is 693. The van der Waals surface area contributed by atoms with E-state index in [1.807, 2.05) is 56.3 Å². The van der Waals surface area contributed by atoms with Crippen molar-refractivity contribution >= 4 is 17.6 Å². The van der Waals surface area contributed by atoms with E-state index in [4.69, 9.17) is 0 Å². The molecule has 0 heterocycles. The highest BCUT2D eigenvalue weighted by molar-refractivity contribution is 5.92. The topological polar surface area (TPSA) is 65.5 Å². The number of guanidine groups is 1. The minimum Gasteiger partial charge on any atom is -0.352 e. The van der Waals surface area contributed by atoms with Crippen molar-refractivity contribution in [2.75, 3.05) is 12.4 Å². The Balaban J connectivity index is 1.82. The van der Waals surface area contributed by atoms with E-state index in [0.717, 1.165) is 23.8 Å². The Morgan fingerprint density at radius 2 is 1.48 bits per heavy atom. The van der Waals surface area contributed by atoms with E-state index < -0.39 is 0 Å². The van der Waals surface area contributed by atoms with Crippen molar-refractivity contribution in [3.05, 3.63) is 65.7 Å². The average molecular weight is 338 g/mol. The second-order valence-corrected chi connectivity index (χ2v) is 6.11. The smallest absolute Gasteiger partial charge is 0.226 e. The van der Waals surface area contributed by atoms with Crippen LogP contribution >= 0.6 is 0 Å². The maximum atomic E-state index is 11.7. The predicted molar refractivity (Wildman–Crippen MR) is 103 cm³/mol. The van der Waals surface area contributed by atoms with Gasteiger partial charge in [0.05, 0.1) is 0 Å². The van der Waals surface area contributed by atoms with Crippen LogP contribution in [0.5, 0.6) is 0 Å². The zero-order valence-electron chi connectivity index (χ0n) is 15.0. The molecule has 2 aromatic carbocycles. The monoisotopic (exact) mass is 338 g/mol. The number of nitrogens with zero attached hydrogens (tertiary/aromatic N) is 1. The van der Waals surface area contributed by atoms with Crippen LogP contribution in [0.15, 0.2) is 59.6 Å². The van der Waals surface area contributed by atoms with Gasteiger partial charge in [-0.05, 0) is 23.3 Å². The Kier molecular flexibility index (Phi) is 7.01. The van der Waals surface area contributed by atoms with Crippen molar-refractivity contribution in [3.8, 4) is 0 Å². The van der Waals surface area contributed by atoms with Gasteiger partial charge >= 0.3 is 0 Å². The quantitative estimate of drug-likeness (QED) is 0.560. The minimum atomic E-state index is -0.0274. The Morgan fingerprint density at radius 1 is 0.920 bits per heavy atom. The molecule has 0 bridgehead atoms. The van der Waals surface area contributed by atoms with Gasteiger partial charge in [-0.2, -0.15) is 0 Å². The first-order chi connectivity index (χ1) is 12.1. The molecule has 0 saturated heterocycles. The fourth-order valence-electron chi connectivity index (χ4n) is 2.18. The lowest BCUT2D eigenvalue weighted by Gasteiger charge is -2.13. The van der Waals surface area contributed by atoms with Gasteiger partial charge in [0.15, 0.2) is 5.96 Å². The lowest BCUT2D eigenvalue weighted by Crippen LogP contribution is -2.36. The van der Waals surface area contributed by atoms with Crippen LogP contribution in [0.4, 0.5) is 5.69 Å². The number of aliphatic imine (C=N–C) groups is 1. The van der Waals surface area contributed by atoms with Gasteiger partial charge in [0.2, 0.25) is 5.91 Å². The molecule has 1 amide bonds. The molecule has 5 heteroatoms. The molecule has 25 heavy (non-hydrogen) atoms. The molecular formula is C20H26N4O. The summed E-state index contributed by atoms with van der Waals surface area (Å²) < 4.78 is 0. The molecule has 132 valence electrons. The molecule has 0 aliphatic rings. The van der Waals surface area contributed by atoms with Gasteiger partial charge in [0.1, 0.15) is 0 Å². The van der Waals surface area contributed by atoms with Crippen LogP contribution in [0.25, 0.3) is 0 Å². The van der Waals surface area contributed by atoms with Crippen LogP contribution in [0, 0.1) is 5.92 Å². The maximum Gasteiger partial charge on any atom is 0.226 e. The van der Waals surface area contributed by atoms with E-state index >= 15 is 0 Å². The summed E-state index contributed by atoms with van der Waals surface area (Å²) in [5.41, 5.74) is 3.13. The third-order valence-electron chi connectivity index (χ3n) is 3.73. The molecule has 0 unspecified atom stereocenters. The number of anilines is 1. The summed E-state index contributed by atoms with van der Waals surface area (Å²) >= 11 is 0. The van der Waals surface area contributed by atoms with Crippen molar-refractivity contribution in [1.82, 2.24) is 10.6 Å². The molecule has 3 N–H and O–H groups in total. The molecular weight excluding hydrogens is 312 g/mol. The maximum absolute atomic E-state index is 11.7. The standard InChI is InChI=1S/C20H26N4O/c1-15(2)19(25)24-18-11-9-17(10-12-18)14-23-20(21-3)22-13-16-7-5-4-6-8-16/h4-12,15H,13-14H2,1-3H3,(H,24,25)(H2,21,22,23). The van der Waals surface area contributed by atoms with Crippen molar-refractivity contribution in [2.24, 2.45) is 10.9 Å². The number of benzene rings is 2. The van der Waals surface area contributed by atoms with E-state index in [1.165, 1.54) is 5.56 Å². The van der Waals surface area contributed by atoms with Crippen LogP contribution in [0.1, 0.15) is 25.0 Å². The Labute approximate surface area is 149 Å². The summed E-state index contributed by atoms with van der Waals surface area (Å²) in [6, 6.07) is 18.0. The molecule has 0 aliphatic carbocycles. The largest absolute Gasteiger partial charge is 0.352 e. The van der Waals surface area contributed by atoms with E-state index in [0.29, 0.717) is 6.54 Å². The Hall–Kier alpha value is -2.82. The van der Waals surface area contributed by atoms with Gasteiger partial charge in [-0.15, -0.1) is 0 Å². The molecule has 0 radical (unpaired) electrons. The highest BCUT2D eigenvalue weighted by Gasteiger charge is 2.06. The highest BCUT2D eigenvalue weighted by Crippen LogP contribution is 2.11. The van der Waals surface area contributed by atoms with E-state index in [9.17, 15) is 4.79 Å². The van der Waals surface area contributed by atoms with Gasteiger partial charge in [-0.25, -0.2) is 0 Å². The molecule has 0 fully saturated rings. The van der Waals surface area contributed by atoms with Crippen LogP contribution in [-0.2, 0) is 17.9 Å². The zero-order valence-corrected chi connectivity index (χ0v) is 15.0. The van der Waals surface area contributed by atoms with Gasteiger partial charge in [0, 0.05) is 31.7 Å². The fourth-order valence-corrected chi connectivity index (χ4v) is 2.18. The van der Waals surface area contributed by atoms with Crippen molar-refractivity contribution in [2.45, 2.75) is 26.9 Å². The summed E-state index contributed by atoms with van der Waals surface area (Å²) in [5.74, 6) is 0.748. The number of carbonyl (C=O) groups excluding carboxylic acids is 1. The summed E-state index contributed by atoms with van der Waals surface area (Å²) in [5, 5.41) is 9.46. The predicted octanol–water partition coefficient (Wildman–Crippen LogP) is 3.15. The SMILES string of the molecule is CN=C(NCc1ccccc1)NCc1ccc(NC(=O)C(C)C)cc1. The minimum absolute atomic E-state index is 0.0244. The first kappa shape index (κ1) is 18.5. The fraction of sp³-hybridized carbons (Fsp3) is 0.300. The molecule has 0 aromatic heterocycles. The van der Waals surface area contributed by atoms with Crippen LogP contribution < -0.4 is 16.0 Å². The van der Waals surface area contributed by atoms with Crippen LogP contribution in [0.2, 0.25) is 0 Å². The van der Waals surface area contributed by atoms with Gasteiger partial charge < -0.3 is 16.0 Å². The third-order valence-corrected chi connectivity index (χ3v) is 3.73. The average Bonchev–Trinajstić information content (AvgIpc) is 2.64. The number of rotatable bonds is 6. The molecule has 0 aliphatic heterocycles. The molecule has 2 rings (SSSR count). The lowest BCUT2D eigenvalue weighted by atomic mass is 10.1. The molecule has 2 aromatic rings. The number of carbonyl (C=O) groups is 1. The normalized spacial score (nSPS) is 11.3. The van der Waals surface area contributed by atoms with Crippen molar-refractivity contribution in [1.29, 1.82) is 0 Å². The van der Waals surface area contributed by atoms with Crippen LogP contribution in [-0.4, -0.2) is 18.9 Å². The molecule has 5 nitrogen and oxygen atoms in total. The number of hydrogen-bond acceptors (Lipinski definition) is 2. The van der Waals surface area contributed by atoms with Gasteiger partial charge in [0.25, 0.3) is 0 Å². The summed E-state index contributed by atoms with van der Waals surface area (Å²) in [4.78, 5) is 15.9. The van der Waals surface area contributed by atoms with Crippen molar-refractivity contribution in [3.63, 3.8) is 0 Å². The van der Waals surface area contributed by atoms with E-state index in [1.54, 1.807) is 7.05 Å². The number of amides is 1. The first-order valence-electron chi connectivity index (χ1n) is 8.46. The first-order valence-corrected chi connectivity index (χ1v) is 8.46. The summed E-state index contributed by atoms with van der Waals surface area (Å²) in [6.45, 7) is 5.14. The molecule has 0 atom stereocenters. The summed E-state index contributed by atoms with van der Waals surface area (Å²) in [7, 11) is 1.75. The summed E-state index contributed by atoms with van der Waals surface area (Å²) in [6.07, 6.45) is 0. The second kappa shape index (κ2) is 9.47. The molecule has 0 spiro atoms. The Morgan fingerprint density at radius 3 is 2.00 bits per heavy atom. The lowest BCUT2D eigenvalue weighted by molar-refractivity contribution is -0.118. The third kappa shape index (κ3) is 6.30. The van der Waals surface area contributed by atoms with Crippen LogP contribution in [0.3, 0.4) is 0 Å². The highest BCUT2D eigenvalue weighted by atomic mass is 16.1. The van der Waals surface area contributed by atoms with Gasteiger partial charge in [-0.3, -0.25) is 9.79 Å². The van der Waals surface area contributed by atoms with E-state index in [-0.39, 0.29) is 11.8 Å². The van der Waals surface area contributed by atoms with Gasteiger partial charge in [-0.1, -0.05) is 56.3 Å². The van der Waals surface area contributed by atoms with E-state index in [2.05, 4.69) is 33.1 Å². The number of hydrogen-bond donors (Lipinski definition) is 3.